The molecule has 0 bridgehead atoms. The highest BCUT2D eigenvalue weighted by atomic mass is 15.2. The molecule has 0 spiro atoms. The molecule has 4 atom stereocenters. The Labute approximate surface area is 120 Å². The number of nitrogens with zero attached hydrogens (tertiary/aromatic N) is 1. The molecule has 4 unspecified atom stereocenters. The van der Waals surface area contributed by atoms with E-state index in [1.54, 1.807) is 0 Å². The van der Waals surface area contributed by atoms with Gasteiger partial charge in [0.25, 0.3) is 0 Å². The number of likely N-dealkylation sites (tertiary alicyclic amines) is 1. The van der Waals surface area contributed by atoms with Crippen molar-refractivity contribution in [2.24, 2.45) is 11.8 Å². The Morgan fingerprint density at radius 1 is 1.11 bits per heavy atom. The molecule has 2 aliphatic rings. The molecule has 2 fully saturated rings. The lowest BCUT2D eigenvalue weighted by molar-refractivity contribution is 0.0990. The average Bonchev–Trinajstić information content (AvgIpc) is 2.64. The van der Waals surface area contributed by atoms with Crippen LogP contribution < -0.4 is 5.32 Å². The topological polar surface area (TPSA) is 15.3 Å². The number of nitrogens with one attached hydrogen (secondary N) is 1. The highest BCUT2D eigenvalue weighted by Gasteiger charge is 2.33. The van der Waals surface area contributed by atoms with E-state index in [9.17, 15) is 0 Å². The number of hydrogen-bond donors (Lipinski definition) is 1. The van der Waals surface area contributed by atoms with Crippen LogP contribution in [0.25, 0.3) is 0 Å². The molecule has 2 rings (SSSR count). The Bertz CT molecular complexity index is 254. The third kappa shape index (κ3) is 4.19. The second-order valence-corrected chi connectivity index (χ2v) is 7.00. The second kappa shape index (κ2) is 7.64. The van der Waals surface area contributed by atoms with E-state index in [4.69, 9.17) is 0 Å². The van der Waals surface area contributed by atoms with Gasteiger partial charge in [0.2, 0.25) is 0 Å². The largest absolute Gasteiger partial charge is 0.315 e. The first-order valence-electron chi connectivity index (χ1n) is 8.65. The molecule has 2 nitrogen and oxygen atoms in total. The van der Waals surface area contributed by atoms with E-state index in [1.165, 1.54) is 64.5 Å². The summed E-state index contributed by atoms with van der Waals surface area (Å²) in [7, 11) is 2.16. The standard InChI is InChI=1S/C17H34N2/c1-4-6-15-8-9-16(18-3)17(13-15)19-11-5-7-14(2)10-12-19/h14-18H,4-13H2,1-3H3. The van der Waals surface area contributed by atoms with Crippen molar-refractivity contribution in [3.63, 3.8) is 0 Å². The van der Waals surface area contributed by atoms with Gasteiger partial charge < -0.3 is 5.32 Å². The highest BCUT2D eigenvalue weighted by molar-refractivity contribution is 4.91. The van der Waals surface area contributed by atoms with E-state index >= 15 is 0 Å². The molecule has 1 N–H and O–H groups in total. The van der Waals surface area contributed by atoms with Crippen molar-refractivity contribution in [3.05, 3.63) is 0 Å². The predicted molar refractivity (Wildman–Crippen MR) is 83.5 cm³/mol. The van der Waals surface area contributed by atoms with Crippen molar-refractivity contribution in [2.75, 3.05) is 20.1 Å². The summed E-state index contributed by atoms with van der Waals surface area (Å²) in [5, 5.41) is 3.60. The Morgan fingerprint density at radius 2 is 1.95 bits per heavy atom. The summed E-state index contributed by atoms with van der Waals surface area (Å²) < 4.78 is 0. The fraction of sp³-hybridized carbons (Fsp3) is 1.00. The second-order valence-electron chi connectivity index (χ2n) is 7.00. The van der Waals surface area contributed by atoms with Crippen molar-refractivity contribution in [3.8, 4) is 0 Å². The van der Waals surface area contributed by atoms with Crippen LogP contribution in [0.4, 0.5) is 0 Å². The zero-order valence-electron chi connectivity index (χ0n) is 13.3. The van der Waals surface area contributed by atoms with Crippen molar-refractivity contribution in [1.82, 2.24) is 10.2 Å². The zero-order valence-corrected chi connectivity index (χ0v) is 13.3. The molecular formula is C17H34N2. The Morgan fingerprint density at radius 3 is 2.68 bits per heavy atom. The fourth-order valence-electron chi connectivity index (χ4n) is 4.26. The molecular weight excluding hydrogens is 232 g/mol. The summed E-state index contributed by atoms with van der Waals surface area (Å²) in [4.78, 5) is 2.83. The van der Waals surface area contributed by atoms with E-state index < -0.39 is 0 Å². The van der Waals surface area contributed by atoms with Crippen LogP contribution in [0.3, 0.4) is 0 Å². The quantitative estimate of drug-likeness (QED) is 0.835. The van der Waals surface area contributed by atoms with Crippen LogP contribution in [-0.2, 0) is 0 Å². The zero-order chi connectivity index (χ0) is 13.7. The van der Waals surface area contributed by atoms with Gasteiger partial charge in [-0.3, -0.25) is 4.90 Å². The maximum absolute atomic E-state index is 3.60. The van der Waals surface area contributed by atoms with Gasteiger partial charge in [0.15, 0.2) is 0 Å². The van der Waals surface area contributed by atoms with E-state index in [2.05, 4.69) is 31.1 Å². The molecule has 2 heteroatoms. The van der Waals surface area contributed by atoms with Crippen molar-refractivity contribution < 1.29 is 0 Å². The maximum Gasteiger partial charge on any atom is 0.0251 e. The third-order valence-electron chi connectivity index (χ3n) is 5.51. The summed E-state index contributed by atoms with van der Waals surface area (Å²) in [6.45, 7) is 7.45. The molecule has 0 radical (unpaired) electrons. The first-order chi connectivity index (χ1) is 9.24. The summed E-state index contributed by atoms with van der Waals surface area (Å²) in [6, 6.07) is 1.54. The molecule has 1 heterocycles. The van der Waals surface area contributed by atoms with Gasteiger partial charge in [-0.25, -0.2) is 0 Å². The maximum atomic E-state index is 3.60. The van der Waals surface area contributed by atoms with Gasteiger partial charge in [-0.05, 0) is 70.5 Å². The molecule has 0 amide bonds. The molecule has 1 aliphatic carbocycles. The van der Waals surface area contributed by atoms with Crippen LogP contribution in [0.5, 0.6) is 0 Å². The van der Waals surface area contributed by atoms with Gasteiger partial charge in [-0.2, -0.15) is 0 Å². The van der Waals surface area contributed by atoms with Crippen LogP contribution in [0.15, 0.2) is 0 Å². The molecule has 1 aliphatic heterocycles. The molecule has 112 valence electrons. The van der Waals surface area contributed by atoms with Crippen LogP contribution in [0, 0.1) is 11.8 Å². The fourth-order valence-corrected chi connectivity index (χ4v) is 4.26. The van der Waals surface area contributed by atoms with Crippen LogP contribution in [0.2, 0.25) is 0 Å². The molecule has 1 saturated carbocycles. The molecule has 0 aromatic rings. The van der Waals surface area contributed by atoms with E-state index in [0.29, 0.717) is 0 Å². The number of likely N-dealkylation sites (N-methyl/N-ethyl adjacent to an activating group) is 1. The highest BCUT2D eigenvalue weighted by Crippen LogP contribution is 2.32. The van der Waals surface area contributed by atoms with E-state index in [1.807, 2.05) is 0 Å². The predicted octanol–water partition coefficient (Wildman–Crippen LogP) is 3.67. The summed E-state index contributed by atoms with van der Waals surface area (Å²) >= 11 is 0. The summed E-state index contributed by atoms with van der Waals surface area (Å²) in [6.07, 6.45) is 11.3. The molecule has 0 aromatic carbocycles. The van der Waals surface area contributed by atoms with Crippen LogP contribution in [-0.4, -0.2) is 37.1 Å². The lowest BCUT2D eigenvalue weighted by atomic mass is 9.79. The summed E-state index contributed by atoms with van der Waals surface area (Å²) in [5.41, 5.74) is 0. The normalized spacial score (nSPS) is 38.1. The Kier molecular flexibility index (Phi) is 6.15. The van der Waals surface area contributed by atoms with Gasteiger partial charge in [-0.15, -0.1) is 0 Å². The van der Waals surface area contributed by atoms with Gasteiger partial charge in [0.05, 0.1) is 0 Å². The van der Waals surface area contributed by atoms with Crippen LogP contribution in [0.1, 0.15) is 65.2 Å². The number of hydrogen-bond acceptors (Lipinski definition) is 2. The monoisotopic (exact) mass is 266 g/mol. The smallest absolute Gasteiger partial charge is 0.0251 e. The SMILES string of the molecule is CCCC1CCC(NC)C(N2CCCC(C)CC2)C1. The Balaban J connectivity index is 1.96. The first-order valence-corrected chi connectivity index (χ1v) is 8.65. The van der Waals surface area contributed by atoms with Gasteiger partial charge in [-0.1, -0.05) is 26.7 Å². The van der Waals surface area contributed by atoms with Crippen molar-refractivity contribution in [1.29, 1.82) is 0 Å². The van der Waals surface area contributed by atoms with Crippen LogP contribution >= 0.6 is 0 Å². The first kappa shape index (κ1) is 15.3. The van der Waals surface area contributed by atoms with Crippen molar-refractivity contribution >= 4 is 0 Å². The van der Waals surface area contributed by atoms with Crippen molar-refractivity contribution in [2.45, 2.75) is 77.3 Å². The van der Waals surface area contributed by atoms with Gasteiger partial charge in [0.1, 0.15) is 0 Å². The lowest BCUT2D eigenvalue weighted by Gasteiger charge is -2.42. The Hall–Kier alpha value is -0.0800. The summed E-state index contributed by atoms with van der Waals surface area (Å²) in [5.74, 6) is 1.92. The lowest BCUT2D eigenvalue weighted by Crippen LogP contribution is -2.52. The third-order valence-corrected chi connectivity index (χ3v) is 5.51. The molecule has 0 aromatic heterocycles. The minimum atomic E-state index is 0.738. The van der Waals surface area contributed by atoms with E-state index in [-0.39, 0.29) is 0 Å². The molecule has 1 saturated heterocycles. The van der Waals surface area contributed by atoms with Gasteiger partial charge >= 0.3 is 0 Å². The van der Waals surface area contributed by atoms with Gasteiger partial charge in [0, 0.05) is 12.1 Å². The number of rotatable bonds is 4. The minimum Gasteiger partial charge on any atom is -0.315 e. The molecule has 19 heavy (non-hydrogen) atoms. The van der Waals surface area contributed by atoms with E-state index in [0.717, 1.165) is 23.9 Å². The average molecular weight is 266 g/mol. The minimum absolute atomic E-state index is 0.738.